The van der Waals surface area contributed by atoms with Crippen LogP contribution in [0, 0.1) is 0 Å². The molecule has 0 aliphatic rings. The van der Waals surface area contributed by atoms with Gasteiger partial charge in [-0.1, -0.05) is 34.8 Å². The summed E-state index contributed by atoms with van der Waals surface area (Å²) in [5.74, 6) is -0.730. The summed E-state index contributed by atoms with van der Waals surface area (Å²) in [7, 11) is 0. The van der Waals surface area contributed by atoms with E-state index in [2.05, 4.69) is 5.32 Å². The van der Waals surface area contributed by atoms with Crippen LogP contribution in [-0.2, 0) is 14.3 Å². The lowest BCUT2D eigenvalue weighted by Crippen LogP contribution is -2.23. The van der Waals surface area contributed by atoms with Crippen molar-refractivity contribution < 1.29 is 19.1 Å². The number of hydrogen-bond donors (Lipinski definition) is 1. The van der Waals surface area contributed by atoms with E-state index in [9.17, 15) is 9.59 Å². The zero-order valence-corrected chi connectivity index (χ0v) is 14.5. The average molecular weight is 389 g/mol. The number of carbonyl (C=O) groups is 2. The first-order valence-electron chi connectivity index (χ1n) is 6.72. The summed E-state index contributed by atoms with van der Waals surface area (Å²) >= 11 is 17.4. The van der Waals surface area contributed by atoms with E-state index in [0.717, 1.165) is 0 Å². The van der Waals surface area contributed by atoms with Crippen LogP contribution in [0.3, 0.4) is 0 Å². The summed E-state index contributed by atoms with van der Waals surface area (Å²) < 4.78 is 10.0. The lowest BCUT2D eigenvalue weighted by Gasteiger charge is -2.08. The van der Waals surface area contributed by atoms with E-state index in [-0.39, 0.29) is 6.61 Å². The first-order valence-corrected chi connectivity index (χ1v) is 7.86. The Morgan fingerprint density at radius 2 is 1.50 bits per heavy atom. The lowest BCUT2D eigenvalue weighted by molar-refractivity contribution is -0.149. The highest BCUT2D eigenvalue weighted by molar-refractivity contribution is 6.35. The van der Waals surface area contributed by atoms with Crippen molar-refractivity contribution in [2.45, 2.75) is 0 Å². The third kappa shape index (κ3) is 6.28. The van der Waals surface area contributed by atoms with Crippen LogP contribution in [-0.4, -0.2) is 25.1 Å². The van der Waals surface area contributed by atoms with Crippen LogP contribution in [0.5, 0.6) is 5.75 Å². The summed E-state index contributed by atoms with van der Waals surface area (Å²) in [4.78, 5) is 23.3. The molecule has 5 nitrogen and oxygen atoms in total. The number of esters is 1. The highest BCUT2D eigenvalue weighted by Crippen LogP contribution is 2.22. The monoisotopic (exact) mass is 387 g/mol. The normalized spacial score (nSPS) is 10.1. The van der Waals surface area contributed by atoms with Crippen molar-refractivity contribution in [1.29, 1.82) is 0 Å². The molecule has 0 unspecified atom stereocenters. The van der Waals surface area contributed by atoms with Crippen molar-refractivity contribution in [1.82, 2.24) is 0 Å². The molecule has 0 saturated heterocycles. The van der Waals surface area contributed by atoms with E-state index >= 15 is 0 Å². The first kappa shape index (κ1) is 18.4. The molecule has 2 aromatic carbocycles. The van der Waals surface area contributed by atoms with Crippen molar-refractivity contribution in [3.63, 3.8) is 0 Å². The molecule has 2 aromatic rings. The van der Waals surface area contributed by atoms with Gasteiger partial charge in [-0.05, 0) is 42.5 Å². The fourth-order valence-corrected chi connectivity index (χ4v) is 2.34. The molecule has 1 N–H and O–H groups in total. The minimum atomic E-state index is -0.677. The van der Waals surface area contributed by atoms with E-state index in [1.54, 1.807) is 24.3 Å². The minimum Gasteiger partial charge on any atom is -0.482 e. The van der Waals surface area contributed by atoms with E-state index in [4.69, 9.17) is 44.3 Å². The third-order valence-electron chi connectivity index (χ3n) is 2.68. The predicted octanol–water partition coefficient (Wildman–Crippen LogP) is 4.21. The second kappa shape index (κ2) is 8.78. The van der Waals surface area contributed by atoms with Crippen molar-refractivity contribution in [2.75, 3.05) is 18.5 Å². The number of amides is 1. The standard InChI is InChI=1S/C16H12Cl3NO4/c17-10-1-3-14(4-2-10)23-9-16(22)24-8-15(21)20-13-6-11(18)5-12(19)7-13/h1-7H,8-9H2,(H,20,21). The molecular formula is C16H12Cl3NO4. The molecule has 8 heteroatoms. The maximum absolute atomic E-state index is 11.7. The molecule has 0 bridgehead atoms. The molecule has 0 fully saturated rings. The molecule has 0 heterocycles. The third-order valence-corrected chi connectivity index (χ3v) is 3.37. The van der Waals surface area contributed by atoms with Crippen LogP contribution >= 0.6 is 34.8 Å². The van der Waals surface area contributed by atoms with Gasteiger partial charge >= 0.3 is 5.97 Å². The van der Waals surface area contributed by atoms with Crippen LogP contribution in [0.4, 0.5) is 5.69 Å². The van der Waals surface area contributed by atoms with Gasteiger partial charge in [-0.25, -0.2) is 4.79 Å². The molecule has 24 heavy (non-hydrogen) atoms. The maximum atomic E-state index is 11.7. The second-order valence-corrected chi connectivity index (χ2v) is 5.92. The topological polar surface area (TPSA) is 64.6 Å². The summed E-state index contributed by atoms with van der Waals surface area (Å²) in [5, 5.41) is 3.84. The van der Waals surface area contributed by atoms with E-state index < -0.39 is 18.5 Å². The molecule has 0 aromatic heterocycles. The van der Waals surface area contributed by atoms with Crippen LogP contribution < -0.4 is 10.1 Å². The van der Waals surface area contributed by atoms with Gasteiger partial charge in [-0.15, -0.1) is 0 Å². The second-order valence-electron chi connectivity index (χ2n) is 4.61. The zero-order valence-electron chi connectivity index (χ0n) is 12.2. The maximum Gasteiger partial charge on any atom is 0.344 e. The van der Waals surface area contributed by atoms with Crippen LogP contribution in [0.2, 0.25) is 15.1 Å². The van der Waals surface area contributed by atoms with Gasteiger partial charge in [0.05, 0.1) is 0 Å². The minimum absolute atomic E-state index is 0.322. The van der Waals surface area contributed by atoms with Gasteiger partial charge in [0, 0.05) is 20.8 Å². The fourth-order valence-electron chi connectivity index (χ4n) is 1.68. The van der Waals surface area contributed by atoms with Crippen molar-refractivity contribution in [3.05, 3.63) is 57.5 Å². The number of ether oxygens (including phenoxy) is 2. The molecule has 126 valence electrons. The number of carbonyl (C=O) groups excluding carboxylic acids is 2. The highest BCUT2D eigenvalue weighted by Gasteiger charge is 2.09. The number of anilines is 1. The van der Waals surface area contributed by atoms with Crippen molar-refractivity contribution >= 4 is 52.4 Å². The smallest absolute Gasteiger partial charge is 0.344 e. The van der Waals surface area contributed by atoms with Crippen molar-refractivity contribution in [3.8, 4) is 5.75 Å². The Morgan fingerprint density at radius 1 is 0.875 bits per heavy atom. The summed E-state index contributed by atoms with van der Waals surface area (Å²) in [5.41, 5.74) is 0.408. The molecular weight excluding hydrogens is 377 g/mol. The number of benzene rings is 2. The molecule has 0 radical (unpaired) electrons. The molecule has 0 aliphatic carbocycles. The number of rotatable bonds is 6. The van der Waals surface area contributed by atoms with Crippen LogP contribution in [0.1, 0.15) is 0 Å². The Balaban J connectivity index is 1.74. The fraction of sp³-hybridized carbons (Fsp3) is 0.125. The van der Waals surface area contributed by atoms with Gasteiger partial charge in [-0.3, -0.25) is 4.79 Å². The van der Waals surface area contributed by atoms with Crippen molar-refractivity contribution in [2.24, 2.45) is 0 Å². The number of halogens is 3. The molecule has 1 amide bonds. The Bertz CT molecular complexity index is 714. The van der Waals surface area contributed by atoms with Gasteiger partial charge in [0.2, 0.25) is 0 Å². The van der Waals surface area contributed by atoms with E-state index in [1.807, 2.05) is 0 Å². The summed E-state index contributed by atoms with van der Waals surface area (Å²) in [6, 6.07) is 11.1. The van der Waals surface area contributed by atoms with Gasteiger partial charge in [0.1, 0.15) is 5.75 Å². The van der Waals surface area contributed by atoms with Gasteiger partial charge in [-0.2, -0.15) is 0 Å². The van der Waals surface area contributed by atoms with E-state index in [1.165, 1.54) is 18.2 Å². The number of nitrogens with one attached hydrogen (secondary N) is 1. The lowest BCUT2D eigenvalue weighted by atomic mass is 10.3. The van der Waals surface area contributed by atoms with Gasteiger partial charge in [0.25, 0.3) is 5.91 Å². The van der Waals surface area contributed by atoms with E-state index in [0.29, 0.717) is 26.5 Å². The highest BCUT2D eigenvalue weighted by atomic mass is 35.5. The molecule has 0 spiro atoms. The molecule has 0 atom stereocenters. The Morgan fingerprint density at radius 3 is 2.12 bits per heavy atom. The zero-order chi connectivity index (χ0) is 17.5. The summed E-state index contributed by atoms with van der Waals surface area (Å²) in [6.45, 7) is -0.773. The van der Waals surface area contributed by atoms with Crippen LogP contribution in [0.15, 0.2) is 42.5 Å². The average Bonchev–Trinajstić information content (AvgIpc) is 2.51. The Labute approximate surface area is 153 Å². The molecule has 2 rings (SSSR count). The number of hydrogen-bond acceptors (Lipinski definition) is 4. The predicted molar refractivity (Wildman–Crippen MR) is 93.0 cm³/mol. The molecule has 0 saturated carbocycles. The summed E-state index contributed by atoms with van der Waals surface area (Å²) in [6.07, 6.45) is 0. The largest absolute Gasteiger partial charge is 0.482 e. The Hall–Kier alpha value is -1.95. The Kier molecular flexibility index (Phi) is 6.73. The first-order chi connectivity index (χ1) is 11.4. The molecule has 0 aliphatic heterocycles. The van der Waals surface area contributed by atoms with Gasteiger partial charge < -0.3 is 14.8 Å². The van der Waals surface area contributed by atoms with Crippen LogP contribution in [0.25, 0.3) is 0 Å². The quantitative estimate of drug-likeness (QED) is 0.753. The SMILES string of the molecule is O=C(COC(=O)COc1ccc(Cl)cc1)Nc1cc(Cl)cc(Cl)c1. The van der Waals surface area contributed by atoms with Gasteiger partial charge in [0.15, 0.2) is 13.2 Å².